The molecule has 1 amide bonds. The monoisotopic (exact) mass is 395 g/mol. The van der Waals surface area contributed by atoms with Gasteiger partial charge < -0.3 is 15.5 Å². The highest BCUT2D eigenvalue weighted by atomic mass is 35.5. The molecule has 2 N–H and O–H groups in total. The number of hydrogen-bond donors (Lipinski definition) is 2. The standard InChI is InChI=1S/C20H30ClN3OS/c1-4-5-6-9-22-19(25)16-7-10-24(11-8-16)20(26)23-18-15(3)12-14(2)13-17(18)21/h12-13,16H,4-11H2,1-3H3,(H,22,25)(H,23,26). The van der Waals surface area contributed by atoms with Crippen LogP contribution in [0.25, 0.3) is 0 Å². The first-order chi connectivity index (χ1) is 12.4. The second-order valence-electron chi connectivity index (χ2n) is 7.13. The average Bonchev–Trinajstić information content (AvgIpc) is 2.61. The summed E-state index contributed by atoms with van der Waals surface area (Å²) in [5, 5.41) is 7.73. The molecule has 0 radical (unpaired) electrons. The number of nitrogens with zero attached hydrogens (tertiary/aromatic N) is 1. The molecular weight excluding hydrogens is 366 g/mol. The van der Waals surface area contributed by atoms with Crippen LogP contribution >= 0.6 is 23.8 Å². The number of piperidine rings is 1. The van der Waals surface area contributed by atoms with Gasteiger partial charge in [-0.2, -0.15) is 0 Å². The normalized spacial score (nSPS) is 15.0. The molecule has 1 aliphatic rings. The molecule has 1 fully saturated rings. The first kappa shape index (κ1) is 21.0. The van der Waals surface area contributed by atoms with Gasteiger partial charge in [0.05, 0.1) is 10.7 Å². The highest BCUT2D eigenvalue weighted by molar-refractivity contribution is 7.80. The van der Waals surface area contributed by atoms with Gasteiger partial charge in [0.25, 0.3) is 0 Å². The lowest BCUT2D eigenvalue weighted by molar-refractivity contribution is -0.126. The Bertz CT molecular complexity index is 619. The molecule has 0 spiro atoms. The number of hydrogen-bond acceptors (Lipinski definition) is 2. The fourth-order valence-electron chi connectivity index (χ4n) is 3.34. The number of carbonyl (C=O) groups excluding carboxylic acids is 1. The first-order valence-electron chi connectivity index (χ1n) is 9.52. The van der Waals surface area contributed by atoms with Crippen molar-refractivity contribution in [3.8, 4) is 0 Å². The number of anilines is 1. The van der Waals surface area contributed by atoms with Crippen LogP contribution in [0.3, 0.4) is 0 Å². The number of nitrogens with one attached hydrogen (secondary N) is 2. The molecule has 0 aromatic heterocycles. The van der Waals surface area contributed by atoms with Crippen molar-refractivity contribution >= 4 is 40.5 Å². The van der Waals surface area contributed by atoms with Crippen LogP contribution < -0.4 is 10.6 Å². The lowest BCUT2D eigenvalue weighted by Gasteiger charge is -2.33. The third-order valence-electron chi connectivity index (χ3n) is 4.90. The SMILES string of the molecule is CCCCCNC(=O)C1CCN(C(=S)Nc2c(C)cc(C)cc2Cl)CC1. The van der Waals surface area contributed by atoms with E-state index in [9.17, 15) is 4.79 Å². The molecule has 1 aromatic carbocycles. The van der Waals surface area contributed by atoms with E-state index in [1.54, 1.807) is 0 Å². The lowest BCUT2D eigenvalue weighted by atomic mass is 9.96. The van der Waals surface area contributed by atoms with Crippen LogP contribution in [0, 0.1) is 19.8 Å². The first-order valence-corrected chi connectivity index (χ1v) is 10.3. The summed E-state index contributed by atoms with van der Waals surface area (Å²) in [5.74, 6) is 0.289. The van der Waals surface area contributed by atoms with Gasteiger partial charge in [-0.15, -0.1) is 0 Å². The Hall–Kier alpha value is -1.33. The molecule has 1 aliphatic heterocycles. The fraction of sp³-hybridized carbons (Fsp3) is 0.600. The van der Waals surface area contributed by atoms with E-state index in [1.807, 2.05) is 19.9 Å². The molecule has 0 saturated carbocycles. The number of likely N-dealkylation sites (tertiary alicyclic amines) is 1. The number of carbonyl (C=O) groups is 1. The molecule has 144 valence electrons. The highest BCUT2D eigenvalue weighted by Gasteiger charge is 2.26. The van der Waals surface area contributed by atoms with Gasteiger partial charge in [-0.25, -0.2) is 0 Å². The van der Waals surface area contributed by atoms with Gasteiger partial charge in [-0.3, -0.25) is 4.79 Å². The molecule has 0 atom stereocenters. The van der Waals surface area contributed by atoms with E-state index < -0.39 is 0 Å². The molecule has 2 rings (SSSR count). The summed E-state index contributed by atoms with van der Waals surface area (Å²) in [6, 6.07) is 4.03. The molecular formula is C20H30ClN3OS. The fourth-order valence-corrected chi connectivity index (χ4v) is 3.99. The van der Waals surface area contributed by atoms with Crippen LogP contribution in [-0.4, -0.2) is 35.6 Å². The second-order valence-corrected chi connectivity index (χ2v) is 7.92. The number of thiocarbonyl (C=S) groups is 1. The summed E-state index contributed by atoms with van der Waals surface area (Å²) in [6.45, 7) is 8.60. The van der Waals surface area contributed by atoms with Crippen LogP contribution in [0.2, 0.25) is 5.02 Å². The quantitative estimate of drug-likeness (QED) is 0.542. The van der Waals surface area contributed by atoms with Crippen molar-refractivity contribution in [3.05, 3.63) is 28.3 Å². The second kappa shape index (κ2) is 10.1. The predicted molar refractivity (Wildman–Crippen MR) is 114 cm³/mol. The van der Waals surface area contributed by atoms with E-state index in [0.717, 1.165) is 55.7 Å². The third kappa shape index (κ3) is 5.85. The van der Waals surface area contributed by atoms with E-state index in [2.05, 4.69) is 28.5 Å². The Morgan fingerprint density at radius 3 is 2.58 bits per heavy atom. The summed E-state index contributed by atoms with van der Waals surface area (Å²) in [7, 11) is 0. The van der Waals surface area contributed by atoms with Crippen LogP contribution in [-0.2, 0) is 4.79 Å². The maximum atomic E-state index is 12.3. The smallest absolute Gasteiger partial charge is 0.223 e. The van der Waals surface area contributed by atoms with E-state index in [0.29, 0.717) is 10.1 Å². The van der Waals surface area contributed by atoms with Crippen molar-refractivity contribution in [1.82, 2.24) is 10.2 Å². The summed E-state index contributed by atoms with van der Waals surface area (Å²) >= 11 is 11.9. The van der Waals surface area contributed by atoms with Gasteiger partial charge in [0, 0.05) is 25.6 Å². The zero-order valence-electron chi connectivity index (χ0n) is 16.0. The Labute approximate surface area is 167 Å². The number of rotatable bonds is 6. The molecule has 0 aliphatic carbocycles. The van der Waals surface area contributed by atoms with Crippen LogP contribution in [0.15, 0.2) is 12.1 Å². The minimum atomic E-state index is 0.0976. The van der Waals surface area contributed by atoms with E-state index in [1.165, 1.54) is 12.8 Å². The van der Waals surface area contributed by atoms with E-state index >= 15 is 0 Å². The summed E-state index contributed by atoms with van der Waals surface area (Å²) in [6.07, 6.45) is 5.07. The zero-order valence-corrected chi connectivity index (χ0v) is 17.6. The molecule has 0 bridgehead atoms. The topological polar surface area (TPSA) is 44.4 Å². The molecule has 1 saturated heterocycles. The maximum Gasteiger partial charge on any atom is 0.223 e. The van der Waals surface area contributed by atoms with Crippen molar-refractivity contribution < 1.29 is 4.79 Å². The Kier molecular flexibility index (Phi) is 8.16. The minimum absolute atomic E-state index is 0.0976. The van der Waals surface area contributed by atoms with E-state index in [4.69, 9.17) is 23.8 Å². The Morgan fingerprint density at radius 2 is 1.96 bits per heavy atom. The zero-order chi connectivity index (χ0) is 19.1. The molecule has 1 heterocycles. The number of amides is 1. The van der Waals surface area contributed by atoms with Crippen molar-refractivity contribution in [2.24, 2.45) is 5.92 Å². The van der Waals surface area contributed by atoms with Crippen LogP contribution in [0.5, 0.6) is 0 Å². The Morgan fingerprint density at radius 1 is 1.27 bits per heavy atom. The molecule has 26 heavy (non-hydrogen) atoms. The van der Waals surface area contributed by atoms with Gasteiger partial charge in [-0.05, 0) is 62.5 Å². The molecule has 0 unspecified atom stereocenters. The van der Waals surface area contributed by atoms with E-state index in [-0.39, 0.29) is 11.8 Å². The van der Waals surface area contributed by atoms with Gasteiger partial charge in [-0.1, -0.05) is 37.4 Å². The van der Waals surface area contributed by atoms with Gasteiger partial charge >= 0.3 is 0 Å². The number of unbranched alkanes of at least 4 members (excludes halogenated alkanes) is 2. The number of benzene rings is 1. The van der Waals surface area contributed by atoms with Crippen molar-refractivity contribution in [2.75, 3.05) is 25.0 Å². The minimum Gasteiger partial charge on any atom is -0.356 e. The number of halogens is 1. The van der Waals surface area contributed by atoms with Crippen molar-refractivity contribution in [3.63, 3.8) is 0 Å². The Balaban J connectivity index is 1.82. The summed E-state index contributed by atoms with van der Waals surface area (Å²) in [4.78, 5) is 14.4. The summed E-state index contributed by atoms with van der Waals surface area (Å²) < 4.78 is 0. The molecule has 1 aromatic rings. The third-order valence-corrected chi connectivity index (χ3v) is 5.55. The van der Waals surface area contributed by atoms with Crippen molar-refractivity contribution in [2.45, 2.75) is 52.9 Å². The van der Waals surface area contributed by atoms with Gasteiger partial charge in [0.15, 0.2) is 5.11 Å². The molecule has 6 heteroatoms. The van der Waals surface area contributed by atoms with Crippen LogP contribution in [0.1, 0.15) is 50.2 Å². The average molecular weight is 396 g/mol. The molecule has 4 nitrogen and oxygen atoms in total. The van der Waals surface area contributed by atoms with Gasteiger partial charge in [0.2, 0.25) is 5.91 Å². The summed E-state index contributed by atoms with van der Waals surface area (Å²) in [5.41, 5.74) is 3.09. The largest absolute Gasteiger partial charge is 0.356 e. The van der Waals surface area contributed by atoms with Gasteiger partial charge in [0.1, 0.15) is 0 Å². The lowest BCUT2D eigenvalue weighted by Crippen LogP contribution is -2.44. The predicted octanol–water partition coefficient (Wildman–Crippen LogP) is 4.67. The highest BCUT2D eigenvalue weighted by Crippen LogP contribution is 2.28. The maximum absolute atomic E-state index is 12.3. The van der Waals surface area contributed by atoms with Crippen LogP contribution in [0.4, 0.5) is 5.69 Å². The van der Waals surface area contributed by atoms with Crippen molar-refractivity contribution in [1.29, 1.82) is 0 Å². The number of aryl methyl sites for hydroxylation is 2.